The van der Waals surface area contributed by atoms with Crippen LogP contribution in [0.3, 0.4) is 0 Å². The van der Waals surface area contributed by atoms with Crippen LogP contribution in [0.2, 0.25) is 0 Å². The zero-order chi connectivity index (χ0) is 13.1. The summed E-state index contributed by atoms with van der Waals surface area (Å²) in [5.41, 5.74) is 6.82. The average molecular weight is 247 g/mol. The van der Waals surface area contributed by atoms with Crippen molar-refractivity contribution in [2.45, 2.75) is 6.92 Å². The maximum absolute atomic E-state index is 13.6. The standard InChI is InChI=1S/C13H14FN3O/c1-8-5-11(16-2)10(14)7-12(8)18-9-3-4-17-13(15)6-9/h3-7,16H,1-2H3,(H2,15,17). The van der Waals surface area contributed by atoms with Crippen LogP contribution in [0.25, 0.3) is 0 Å². The number of halogens is 1. The second kappa shape index (κ2) is 4.91. The van der Waals surface area contributed by atoms with Gasteiger partial charge in [0.15, 0.2) is 0 Å². The monoisotopic (exact) mass is 247 g/mol. The van der Waals surface area contributed by atoms with E-state index in [0.717, 1.165) is 5.56 Å². The number of nitrogens with one attached hydrogen (secondary N) is 1. The Kier molecular flexibility index (Phi) is 3.32. The molecule has 3 N–H and O–H groups in total. The molecule has 5 heteroatoms. The van der Waals surface area contributed by atoms with Crippen molar-refractivity contribution in [2.75, 3.05) is 18.1 Å². The van der Waals surface area contributed by atoms with Crippen LogP contribution in [0.15, 0.2) is 30.5 Å². The Hall–Kier alpha value is -2.30. The number of ether oxygens (including phenoxy) is 1. The third-order valence-corrected chi connectivity index (χ3v) is 2.51. The highest BCUT2D eigenvalue weighted by Crippen LogP contribution is 2.29. The van der Waals surface area contributed by atoms with Gasteiger partial charge < -0.3 is 15.8 Å². The Morgan fingerprint density at radius 2 is 2.11 bits per heavy atom. The second-order valence-electron chi connectivity index (χ2n) is 3.87. The molecule has 0 atom stereocenters. The van der Waals surface area contributed by atoms with Crippen LogP contribution in [-0.2, 0) is 0 Å². The van der Waals surface area contributed by atoms with E-state index in [1.807, 2.05) is 6.92 Å². The summed E-state index contributed by atoms with van der Waals surface area (Å²) >= 11 is 0. The van der Waals surface area contributed by atoms with E-state index < -0.39 is 0 Å². The number of anilines is 2. The molecule has 0 aliphatic rings. The van der Waals surface area contributed by atoms with Crippen LogP contribution in [-0.4, -0.2) is 12.0 Å². The molecule has 4 nitrogen and oxygen atoms in total. The molecule has 18 heavy (non-hydrogen) atoms. The molecular weight excluding hydrogens is 233 g/mol. The molecule has 0 saturated heterocycles. The average Bonchev–Trinajstić information content (AvgIpc) is 2.33. The van der Waals surface area contributed by atoms with Crippen LogP contribution in [0.5, 0.6) is 11.5 Å². The number of aromatic nitrogens is 1. The number of nitrogen functional groups attached to an aromatic ring is 1. The number of aryl methyl sites for hydroxylation is 1. The predicted octanol–water partition coefficient (Wildman–Crippen LogP) is 2.95. The molecular formula is C13H14FN3O. The van der Waals surface area contributed by atoms with E-state index in [1.54, 1.807) is 31.4 Å². The zero-order valence-corrected chi connectivity index (χ0v) is 10.2. The molecule has 0 spiro atoms. The quantitative estimate of drug-likeness (QED) is 0.875. The minimum atomic E-state index is -0.361. The zero-order valence-electron chi connectivity index (χ0n) is 10.2. The summed E-state index contributed by atoms with van der Waals surface area (Å²) in [7, 11) is 1.67. The van der Waals surface area contributed by atoms with Gasteiger partial charge in [0.1, 0.15) is 23.1 Å². The highest BCUT2D eigenvalue weighted by Gasteiger charge is 2.08. The van der Waals surface area contributed by atoms with E-state index in [2.05, 4.69) is 10.3 Å². The van der Waals surface area contributed by atoms with E-state index in [0.29, 0.717) is 23.0 Å². The number of pyridine rings is 1. The maximum Gasteiger partial charge on any atom is 0.150 e. The molecule has 2 aromatic rings. The van der Waals surface area contributed by atoms with Crippen molar-refractivity contribution in [3.8, 4) is 11.5 Å². The lowest BCUT2D eigenvalue weighted by atomic mass is 10.2. The molecule has 94 valence electrons. The van der Waals surface area contributed by atoms with Gasteiger partial charge in [0.05, 0.1) is 5.69 Å². The van der Waals surface area contributed by atoms with Crippen molar-refractivity contribution < 1.29 is 9.13 Å². The van der Waals surface area contributed by atoms with E-state index in [-0.39, 0.29) is 5.82 Å². The lowest BCUT2D eigenvalue weighted by Gasteiger charge is -2.11. The Balaban J connectivity index is 2.32. The summed E-state index contributed by atoms with van der Waals surface area (Å²) in [4.78, 5) is 3.86. The first-order valence-electron chi connectivity index (χ1n) is 5.47. The summed E-state index contributed by atoms with van der Waals surface area (Å²) in [6, 6.07) is 6.29. The highest BCUT2D eigenvalue weighted by atomic mass is 19.1. The smallest absolute Gasteiger partial charge is 0.150 e. The van der Waals surface area contributed by atoms with Crippen molar-refractivity contribution in [3.05, 3.63) is 41.8 Å². The summed E-state index contributed by atoms with van der Waals surface area (Å²) in [5.74, 6) is 0.983. The molecule has 1 aromatic carbocycles. The SMILES string of the molecule is CNc1cc(C)c(Oc2ccnc(N)c2)cc1F. The molecule has 0 bridgehead atoms. The first kappa shape index (κ1) is 12.2. The Morgan fingerprint density at radius 1 is 1.33 bits per heavy atom. The number of hydrogen-bond acceptors (Lipinski definition) is 4. The van der Waals surface area contributed by atoms with Gasteiger partial charge in [0.25, 0.3) is 0 Å². The number of hydrogen-bond donors (Lipinski definition) is 2. The number of benzene rings is 1. The summed E-state index contributed by atoms with van der Waals surface area (Å²) in [6.45, 7) is 1.85. The third kappa shape index (κ3) is 2.51. The second-order valence-corrected chi connectivity index (χ2v) is 3.87. The molecule has 1 aromatic heterocycles. The lowest BCUT2D eigenvalue weighted by Crippen LogP contribution is -1.96. The van der Waals surface area contributed by atoms with E-state index in [1.165, 1.54) is 6.07 Å². The van der Waals surface area contributed by atoms with Gasteiger partial charge in [-0.05, 0) is 24.6 Å². The molecule has 1 heterocycles. The fourth-order valence-electron chi connectivity index (χ4n) is 1.58. The van der Waals surface area contributed by atoms with E-state index >= 15 is 0 Å². The topological polar surface area (TPSA) is 60.2 Å². The van der Waals surface area contributed by atoms with Crippen molar-refractivity contribution >= 4 is 11.5 Å². The summed E-state index contributed by atoms with van der Waals surface area (Å²) in [5, 5.41) is 2.78. The van der Waals surface area contributed by atoms with Gasteiger partial charge in [0, 0.05) is 25.4 Å². The van der Waals surface area contributed by atoms with Gasteiger partial charge in [-0.2, -0.15) is 0 Å². The number of rotatable bonds is 3. The molecule has 0 saturated carbocycles. The molecule has 0 aliphatic carbocycles. The third-order valence-electron chi connectivity index (χ3n) is 2.51. The molecule has 0 amide bonds. The molecule has 0 radical (unpaired) electrons. The molecule has 0 unspecified atom stereocenters. The number of nitrogens with zero attached hydrogens (tertiary/aromatic N) is 1. The fourth-order valence-corrected chi connectivity index (χ4v) is 1.58. The van der Waals surface area contributed by atoms with Gasteiger partial charge in [0.2, 0.25) is 0 Å². The van der Waals surface area contributed by atoms with Gasteiger partial charge in [-0.15, -0.1) is 0 Å². The predicted molar refractivity (Wildman–Crippen MR) is 69.4 cm³/mol. The van der Waals surface area contributed by atoms with Crippen LogP contribution < -0.4 is 15.8 Å². The van der Waals surface area contributed by atoms with Crippen LogP contribution >= 0.6 is 0 Å². The normalized spacial score (nSPS) is 10.2. The first-order chi connectivity index (χ1) is 8.60. The number of nitrogens with two attached hydrogens (primary N) is 1. The van der Waals surface area contributed by atoms with E-state index in [9.17, 15) is 4.39 Å². The first-order valence-corrected chi connectivity index (χ1v) is 5.47. The molecule has 0 aliphatic heterocycles. The van der Waals surface area contributed by atoms with Gasteiger partial charge in [-0.25, -0.2) is 9.37 Å². The molecule has 0 fully saturated rings. The van der Waals surface area contributed by atoms with Crippen molar-refractivity contribution in [1.29, 1.82) is 0 Å². The Morgan fingerprint density at radius 3 is 2.78 bits per heavy atom. The van der Waals surface area contributed by atoms with Crippen LogP contribution in [0.1, 0.15) is 5.56 Å². The van der Waals surface area contributed by atoms with Gasteiger partial charge in [-0.3, -0.25) is 0 Å². The van der Waals surface area contributed by atoms with Crippen molar-refractivity contribution in [3.63, 3.8) is 0 Å². The maximum atomic E-state index is 13.6. The van der Waals surface area contributed by atoms with Gasteiger partial charge >= 0.3 is 0 Å². The van der Waals surface area contributed by atoms with Crippen LogP contribution in [0.4, 0.5) is 15.9 Å². The Labute approximate surface area is 105 Å². The lowest BCUT2D eigenvalue weighted by molar-refractivity contribution is 0.473. The minimum Gasteiger partial charge on any atom is -0.457 e. The molecule has 2 rings (SSSR count). The van der Waals surface area contributed by atoms with Gasteiger partial charge in [-0.1, -0.05) is 0 Å². The summed E-state index contributed by atoms with van der Waals surface area (Å²) in [6.07, 6.45) is 1.54. The minimum absolute atomic E-state index is 0.359. The van der Waals surface area contributed by atoms with E-state index in [4.69, 9.17) is 10.5 Å². The van der Waals surface area contributed by atoms with Crippen LogP contribution in [0, 0.1) is 12.7 Å². The van der Waals surface area contributed by atoms with Crippen molar-refractivity contribution in [1.82, 2.24) is 4.98 Å². The summed E-state index contributed by atoms with van der Waals surface area (Å²) < 4.78 is 19.2. The highest BCUT2D eigenvalue weighted by molar-refractivity contribution is 5.52. The Bertz CT molecular complexity index is 572. The fraction of sp³-hybridized carbons (Fsp3) is 0.154. The largest absolute Gasteiger partial charge is 0.457 e. The van der Waals surface area contributed by atoms with Crippen molar-refractivity contribution in [2.24, 2.45) is 0 Å².